The van der Waals surface area contributed by atoms with Crippen LogP contribution in [0.25, 0.3) is 0 Å². The Hall–Kier alpha value is -0.300. The van der Waals surface area contributed by atoms with Crippen molar-refractivity contribution < 1.29 is 0 Å². The lowest BCUT2D eigenvalue weighted by Gasteiger charge is -2.15. The molecule has 3 atom stereocenters. The van der Waals surface area contributed by atoms with E-state index < -0.39 is 0 Å². The molecule has 12 heavy (non-hydrogen) atoms. The molecule has 0 amide bonds. The highest BCUT2D eigenvalue weighted by molar-refractivity contribution is 4.98. The van der Waals surface area contributed by atoms with E-state index in [1.165, 1.54) is 25.7 Å². The number of hydrogen-bond acceptors (Lipinski definition) is 1. The first-order valence-electron chi connectivity index (χ1n) is 5.18. The Labute approximate surface area is 75.0 Å². The predicted molar refractivity (Wildman–Crippen MR) is 51.7 cm³/mol. The zero-order chi connectivity index (χ0) is 8.55. The van der Waals surface area contributed by atoms with Crippen molar-refractivity contribution in [3.05, 3.63) is 12.2 Å². The third-order valence-electron chi connectivity index (χ3n) is 3.43. The number of hydrogen-bond donors (Lipinski definition) is 1. The molecule has 1 fully saturated rings. The number of rotatable bonds is 3. The third kappa shape index (κ3) is 1.71. The molecule has 0 saturated heterocycles. The monoisotopic (exact) mass is 165 g/mol. The van der Waals surface area contributed by atoms with Crippen LogP contribution in [-0.4, -0.2) is 6.04 Å². The SMILES string of the molecule is CC1CC1C(N)CC1CC=CC1. The Balaban J connectivity index is 1.72. The number of nitrogens with two attached hydrogens (primary N) is 1. The molecule has 0 aromatic carbocycles. The van der Waals surface area contributed by atoms with Gasteiger partial charge in [-0.1, -0.05) is 19.1 Å². The molecule has 1 nitrogen and oxygen atoms in total. The van der Waals surface area contributed by atoms with E-state index in [2.05, 4.69) is 19.1 Å². The summed E-state index contributed by atoms with van der Waals surface area (Å²) in [6, 6.07) is 0.491. The Morgan fingerprint density at radius 3 is 2.50 bits per heavy atom. The Morgan fingerprint density at radius 1 is 1.42 bits per heavy atom. The van der Waals surface area contributed by atoms with Gasteiger partial charge in [-0.15, -0.1) is 0 Å². The molecule has 1 saturated carbocycles. The second-order valence-corrected chi connectivity index (χ2v) is 4.59. The normalized spacial score (nSPS) is 37.2. The molecule has 2 aliphatic rings. The van der Waals surface area contributed by atoms with Crippen molar-refractivity contribution in [3.8, 4) is 0 Å². The lowest BCUT2D eigenvalue weighted by molar-refractivity contribution is 0.416. The summed E-state index contributed by atoms with van der Waals surface area (Å²) in [4.78, 5) is 0. The molecule has 2 N–H and O–H groups in total. The molecule has 0 aromatic rings. The van der Waals surface area contributed by atoms with Gasteiger partial charge in [0.1, 0.15) is 0 Å². The topological polar surface area (TPSA) is 26.0 Å². The standard InChI is InChI=1S/C11H19N/c1-8-6-10(8)11(12)7-9-4-2-3-5-9/h2-3,8-11H,4-7,12H2,1H3. The van der Waals surface area contributed by atoms with Crippen LogP contribution in [0.5, 0.6) is 0 Å². The smallest absolute Gasteiger partial charge is 0.00726 e. The molecule has 0 heterocycles. The Kier molecular flexibility index (Phi) is 2.22. The van der Waals surface area contributed by atoms with Crippen molar-refractivity contribution in [1.29, 1.82) is 0 Å². The van der Waals surface area contributed by atoms with Gasteiger partial charge in [0.25, 0.3) is 0 Å². The van der Waals surface area contributed by atoms with Gasteiger partial charge in [0, 0.05) is 6.04 Å². The fourth-order valence-corrected chi connectivity index (χ4v) is 2.37. The van der Waals surface area contributed by atoms with Crippen LogP contribution in [0.4, 0.5) is 0 Å². The first kappa shape index (κ1) is 8.31. The highest BCUT2D eigenvalue weighted by Gasteiger charge is 2.38. The van der Waals surface area contributed by atoms with E-state index in [1.807, 2.05) is 0 Å². The van der Waals surface area contributed by atoms with Gasteiger partial charge in [-0.05, 0) is 43.4 Å². The van der Waals surface area contributed by atoms with Crippen LogP contribution in [0.15, 0.2) is 12.2 Å². The van der Waals surface area contributed by atoms with E-state index >= 15 is 0 Å². The zero-order valence-corrected chi connectivity index (χ0v) is 7.87. The molecule has 0 spiro atoms. The molecule has 0 radical (unpaired) electrons. The quantitative estimate of drug-likeness (QED) is 0.638. The minimum Gasteiger partial charge on any atom is -0.327 e. The molecular weight excluding hydrogens is 146 g/mol. The van der Waals surface area contributed by atoms with Gasteiger partial charge >= 0.3 is 0 Å². The van der Waals surface area contributed by atoms with Gasteiger partial charge < -0.3 is 5.73 Å². The summed E-state index contributed by atoms with van der Waals surface area (Å²) in [6.07, 6.45) is 9.77. The highest BCUT2D eigenvalue weighted by atomic mass is 14.7. The van der Waals surface area contributed by atoms with Gasteiger partial charge in [-0.2, -0.15) is 0 Å². The summed E-state index contributed by atoms with van der Waals surface area (Å²) >= 11 is 0. The molecule has 1 heteroatoms. The van der Waals surface area contributed by atoms with Gasteiger partial charge in [-0.25, -0.2) is 0 Å². The van der Waals surface area contributed by atoms with E-state index in [9.17, 15) is 0 Å². The maximum absolute atomic E-state index is 6.12. The summed E-state index contributed by atoms with van der Waals surface area (Å²) in [6.45, 7) is 2.32. The average Bonchev–Trinajstić information content (AvgIpc) is 2.58. The van der Waals surface area contributed by atoms with Gasteiger partial charge in [-0.3, -0.25) is 0 Å². The van der Waals surface area contributed by atoms with Gasteiger partial charge in [0.2, 0.25) is 0 Å². The first-order valence-corrected chi connectivity index (χ1v) is 5.18. The minimum atomic E-state index is 0.491. The zero-order valence-electron chi connectivity index (χ0n) is 7.87. The van der Waals surface area contributed by atoms with Crippen LogP contribution in [0.1, 0.15) is 32.6 Å². The maximum atomic E-state index is 6.12. The van der Waals surface area contributed by atoms with E-state index in [0.717, 1.165) is 17.8 Å². The van der Waals surface area contributed by atoms with E-state index in [-0.39, 0.29) is 0 Å². The summed E-state index contributed by atoms with van der Waals surface area (Å²) in [5.74, 6) is 2.63. The van der Waals surface area contributed by atoms with Crippen LogP contribution < -0.4 is 5.73 Å². The highest BCUT2D eigenvalue weighted by Crippen LogP contribution is 2.42. The second kappa shape index (κ2) is 3.21. The first-order chi connectivity index (χ1) is 5.77. The fourth-order valence-electron chi connectivity index (χ4n) is 2.37. The molecular formula is C11H19N. The molecule has 3 unspecified atom stereocenters. The Bertz CT molecular complexity index is 177. The molecule has 0 bridgehead atoms. The molecule has 2 aliphatic carbocycles. The van der Waals surface area contributed by atoms with E-state index in [1.54, 1.807) is 0 Å². The van der Waals surface area contributed by atoms with Crippen LogP contribution >= 0.6 is 0 Å². The van der Waals surface area contributed by atoms with Gasteiger partial charge in [0.15, 0.2) is 0 Å². The van der Waals surface area contributed by atoms with Crippen molar-refractivity contribution in [1.82, 2.24) is 0 Å². The summed E-state index contributed by atoms with van der Waals surface area (Å²) in [7, 11) is 0. The Morgan fingerprint density at radius 2 is 2.00 bits per heavy atom. The summed E-state index contributed by atoms with van der Waals surface area (Å²) < 4.78 is 0. The van der Waals surface area contributed by atoms with Crippen LogP contribution in [-0.2, 0) is 0 Å². The third-order valence-corrected chi connectivity index (χ3v) is 3.43. The van der Waals surface area contributed by atoms with Gasteiger partial charge in [0.05, 0.1) is 0 Å². The van der Waals surface area contributed by atoms with Crippen molar-refractivity contribution >= 4 is 0 Å². The lowest BCUT2D eigenvalue weighted by atomic mass is 9.95. The predicted octanol–water partition coefficient (Wildman–Crippen LogP) is 2.33. The maximum Gasteiger partial charge on any atom is 0.00726 e. The average molecular weight is 165 g/mol. The van der Waals surface area contributed by atoms with Crippen molar-refractivity contribution in [2.24, 2.45) is 23.5 Å². The fraction of sp³-hybridized carbons (Fsp3) is 0.818. The van der Waals surface area contributed by atoms with Crippen molar-refractivity contribution in [3.63, 3.8) is 0 Å². The summed E-state index contributed by atoms with van der Waals surface area (Å²) in [5.41, 5.74) is 6.12. The molecule has 2 rings (SSSR count). The lowest BCUT2D eigenvalue weighted by Crippen LogP contribution is -2.25. The second-order valence-electron chi connectivity index (χ2n) is 4.59. The van der Waals surface area contributed by atoms with Crippen LogP contribution in [0.2, 0.25) is 0 Å². The van der Waals surface area contributed by atoms with Crippen molar-refractivity contribution in [2.45, 2.75) is 38.6 Å². The molecule has 68 valence electrons. The molecule has 0 aliphatic heterocycles. The van der Waals surface area contributed by atoms with E-state index in [4.69, 9.17) is 5.73 Å². The summed E-state index contributed by atoms with van der Waals surface area (Å²) in [5, 5.41) is 0. The van der Waals surface area contributed by atoms with Crippen molar-refractivity contribution in [2.75, 3.05) is 0 Å². The minimum absolute atomic E-state index is 0.491. The number of allylic oxidation sites excluding steroid dienone is 2. The van der Waals surface area contributed by atoms with Crippen LogP contribution in [0, 0.1) is 17.8 Å². The largest absolute Gasteiger partial charge is 0.327 e. The van der Waals surface area contributed by atoms with E-state index in [0.29, 0.717) is 6.04 Å². The van der Waals surface area contributed by atoms with Crippen LogP contribution in [0.3, 0.4) is 0 Å². The molecule has 0 aromatic heterocycles.